The number of fused-ring (bicyclic) bond motifs is 3. The average Bonchev–Trinajstić information content (AvgIpc) is 2.82. The zero-order chi connectivity index (χ0) is 28.3. The van der Waals surface area contributed by atoms with Crippen LogP contribution in [0, 0.1) is 23.7 Å². The molecule has 3 aliphatic carbocycles. The Balaban J connectivity index is 1.85. The third-order valence-corrected chi connectivity index (χ3v) is 8.49. The monoisotopic (exact) mass is 525 g/mol. The summed E-state index contributed by atoms with van der Waals surface area (Å²) in [6.07, 6.45) is 2.61. The molecule has 0 saturated heterocycles. The summed E-state index contributed by atoms with van der Waals surface area (Å²) < 4.78 is 0. The summed E-state index contributed by atoms with van der Waals surface area (Å²) in [6.45, 7) is 6.55. The molecule has 2 fully saturated rings. The first kappa shape index (κ1) is 27.8. The Labute approximate surface area is 221 Å². The molecule has 38 heavy (non-hydrogen) atoms. The minimum atomic E-state index is -2.72. The summed E-state index contributed by atoms with van der Waals surface area (Å²) in [4.78, 5) is 69.9. The fourth-order valence-electron chi connectivity index (χ4n) is 6.82. The summed E-state index contributed by atoms with van der Waals surface area (Å²) in [5.41, 5.74) is 4.72. The van der Waals surface area contributed by atoms with E-state index in [9.17, 15) is 34.2 Å². The van der Waals surface area contributed by atoms with Crippen molar-refractivity contribution in [1.29, 1.82) is 0 Å². The van der Waals surface area contributed by atoms with E-state index in [-0.39, 0.29) is 24.2 Å². The van der Waals surface area contributed by atoms with Crippen molar-refractivity contribution in [1.82, 2.24) is 9.80 Å². The van der Waals surface area contributed by atoms with Crippen LogP contribution in [-0.4, -0.2) is 88.4 Å². The predicted octanol–water partition coefficient (Wildman–Crippen LogP) is 0.0472. The predicted molar refractivity (Wildman–Crippen MR) is 137 cm³/mol. The van der Waals surface area contributed by atoms with Crippen LogP contribution in [-0.2, 0) is 38.6 Å². The number of ketones is 4. The third-order valence-electron chi connectivity index (χ3n) is 8.49. The molecule has 4 rings (SSSR count). The van der Waals surface area contributed by atoms with Crippen molar-refractivity contribution in [3.8, 4) is 5.75 Å². The lowest BCUT2D eigenvalue weighted by Gasteiger charge is -2.52. The van der Waals surface area contributed by atoms with Gasteiger partial charge in [0, 0.05) is 24.6 Å². The van der Waals surface area contributed by atoms with Crippen molar-refractivity contribution >= 4 is 29.0 Å². The van der Waals surface area contributed by atoms with E-state index in [4.69, 9.17) is 5.73 Å². The van der Waals surface area contributed by atoms with Gasteiger partial charge in [0.15, 0.2) is 34.7 Å². The Hall–Kier alpha value is -3.21. The molecule has 2 unspecified atom stereocenters. The highest BCUT2D eigenvalue weighted by Gasteiger charge is 2.69. The Morgan fingerprint density at radius 3 is 2.39 bits per heavy atom. The summed E-state index contributed by atoms with van der Waals surface area (Å²) >= 11 is 0. The first-order valence-corrected chi connectivity index (χ1v) is 12.8. The standard InChI is InChI=1S/C28H35N3O7/c1-6-8-31(5)12-15-9-13(7-2)16-10-14-11-17-21(30(3)4)24(34)20(27(29)37)26(36)28(17,38)25(35)18(14)23(33)19(16)22(15)32/h6,9,14,17-18,20-21,32,38H,1,7-8,10-12H2,2-5H3,(H2,29,37)/t14-,17-,18?,20?,21-,28-/m0/s1. The molecule has 0 radical (unpaired) electrons. The molecule has 4 N–H and O–H groups in total. The van der Waals surface area contributed by atoms with Crippen LogP contribution in [0.1, 0.15) is 40.4 Å². The van der Waals surface area contributed by atoms with E-state index in [1.165, 1.54) is 4.90 Å². The van der Waals surface area contributed by atoms with Crippen LogP contribution < -0.4 is 5.73 Å². The highest BCUT2D eigenvalue weighted by atomic mass is 16.3. The van der Waals surface area contributed by atoms with Crippen LogP contribution in [0.3, 0.4) is 0 Å². The van der Waals surface area contributed by atoms with Gasteiger partial charge in [-0.05, 0) is 57.5 Å². The van der Waals surface area contributed by atoms with Crippen LogP contribution in [0.5, 0.6) is 5.75 Å². The SMILES string of the molecule is C=CCN(C)Cc1cc(CC)c2c(c1O)C(=O)C1C(=O)[C@]3(O)C(=O)C(C(N)=O)C(=O)[C@@H](N(C)C)[C@@H]3C[C@@H]1C2. The van der Waals surface area contributed by atoms with E-state index in [0.717, 1.165) is 5.56 Å². The number of rotatable bonds is 7. The van der Waals surface area contributed by atoms with Gasteiger partial charge in [-0.3, -0.25) is 33.8 Å². The zero-order valence-corrected chi connectivity index (χ0v) is 22.2. The molecule has 0 spiro atoms. The van der Waals surface area contributed by atoms with Gasteiger partial charge in [-0.25, -0.2) is 0 Å². The minimum absolute atomic E-state index is 0.0393. The normalized spacial score (nSPS) is 30.8. The average molecular weight is 526 g/mol. The fraction of sp³-hybridized carbons (Fsp3) is 0.536. The maximum atomic E-state index is 13.9. The van der Waals surface area contributed by atoms with Gasteiger partial charge >= 0.3 is 0 Å². The number of nitrogens with two attached hydrogens (primary N) is 1. The van der Waals surface area contributed by atoms with E-state index in [1.807, 2.05) is 24.9 Å². The number of benzene rings is 1. The number of carbonyl (C=O) groups excluding carboxylic acids is 5. The molecule has 1 aromatic rings. The molecule has 10 heteroatoms. The smallest absolute Gasteiger partial charge is 0.235 e. The quantitative estimate of drug-likeness (QED) is 0.330. The van der Waals surface area contributed by atoms with Gasteiger partial charge in [0.05, 0.1) is 17.5 Å². The minimum Gasteiger partial charge on any atom is -0.507 e. The number of aliphatic hydroxyl groups is 1. The Bertz CT molecular complexity index is 1260. The lowest BCUT2D eigenvalue weighted by atomic mass is 9.52. The van der Waals surface area contributed by atoms with Crippen molar-refractivity contribution < 1.29 is 34.2 Å². The molecular formula is C28H35N3O7. The van der Waals surface area contributed by atoms with Gasteiger partial charge in [-0.1, -0.05) is 19.1 Å². The number of hydrogen-bond acceptors (Lipinski definition) is 9. The molecule has 0 aliphatic heterocycles. The van der Waals surface area contributed by atoms with Gasteiger partial charge in [0.25, 0.3) is 0 Å². The first-order valence-electron chi connectivity index (χ1n) is 12.8. The molecule has 6 atom stereocenters. The first-order chi connectivity index (χ1) is 17.8. The maximum absolute atomic E-state index is 13.9. The van der Waals surface area contributed by atoms with Crippen molar-refractivity contribution in [2.24, 2.45) is 29.4 Å². The number of Topliss-reactive ketones (excluding diaryl/α,β-unsaturated/α-hetero) is 4. The zero-order valence-electron chi connectivity index (χ0n) is 22.2. The number of hydrogen-bond donors (Lipinski definition) is 3. The van der Waals surface area contributed by atoms with E-state index in [0.29, 0.717) is 30.6 Å². The number of carbonyl (C=O) groups is 5. The fourth-order valence-corrected chi connectivity index (χ4v) is 6.82. The summed E-state index contributed by atoms with van der Waals surface area (Å²) in [5, 5.41) is 22.9. The van der Waals surface area contributed by atoms with E-state index < -0.39 is 64.4 Å². The van der Waals surface area contributed by atoms with Crippen molar-refractivity contribution in [2.75, 3.05) is 27.7 Å². The van der Waals surface area contributed by atoms with Crippen molar-refractivity contribution in [2.45, 2.75) is 44.4 Å². The second-order valence-corrected chi connectivity index (χ2v) is 11.0. The molecule has 10 nitrogen and oxygen atoms in total. The molecule has 1 amide bonds. The number of phenols is 1. The van der Waals surface area contributed by atoms with Crippen molar-refractivity contribution in [3.05, 3.63) is 41.0 Å². The highest BCUT2D eigenvalue weighted by Crippen LogP contribution is 2.51. The number of aromatic hydroxyl groups is 1. The Morgan fingerprint density at radius 2 is 1.84 bits per heavy atom. The topological polar surface area (TPSA) is 158 Å². The van der Waals surface area contributed by atoms with Gasteiger partial charge in [-0.2, -0.15) is 0 Å². The van der Waals surface area contributed by atoms with Gasteiger partial charge in [0.1, 0.15) is 5.75 Å². The lowest BCUT2D eigenvalue weighted by molar-refractivity contribution is -0.181. The van der Waals surface area contributed by atoms with Crippen LogP contribution in [0.4, 0.5) is 0 Å². The number of phenolic OH excluding ortho intramolecular Hbond substituents is 1. The largest absolute Gasteiger partial charge is 0.507 e. The van der Waals surface area contributed by atoms with Gasteiger partial charge < -0.3 is 15.9 Å². The second-order valence-electron chi connectivity index (χ2n) is 11.0. The molecule has 0 heterocycles. The third kappa shape index (κ3) is 3.93. The van der Waals surface area contributed by atoms with Crippen LogP contribution in [0.15, 0.2) is 18.7 Å². The molecule has 2 saturated carbocycles. The van der Waals surface area contributed by atoms with Crippen LogP contribution in [0.2, 0.25) is 0 Å². The van der Waals surface area contributed by atoms with E-state index in [2.05, 4.69) is 6.58 Å². The molecular weight excluding hydrogens is 490 g/mol. The van der Waals surface area contributed by atoms with Crippen LogP contribution in [0.25, 0.3) is 0 Å². The molecule has 1 aromatic carbocycles. The van der Waals surface area contributed by atoms with Gasteiger partial charge in [-0.15, -0.1) is 6.58 Å². The maximum Gasteiger partial charge on any atom is 0.235 e. The molecule has 204 valence electrons. The number of nitrogens with zero attached hydrogens (tertiary/aromatic N) is 2. The van der Waals surface area contributed by atoms with Crippen molar-refractivity contribution in [3.63, 3.8) is 0 Å². The summed E-state index contributed by atoms with van der Waals surface area (Å²) in [5.74, 6) is -10.3. The number of aryl methyl sites for hydroxylation is 1. The number of amides is 1. The Kier molecular flexibility index (Phi) is 7.20. The molecule has 0 bridgehead atoms. The highest BCUT2D eigenvalue weighted by molar-refractivity contribution is 6.32. The Morgan fingerprint density at radius 1 is 1.18 bits per heavy atom. The molecule has 0 aromatic heterocycles. The second kappa shape index (κ2) is 9.83. The van der Waals surface area contributed by atoms with E-state index in [1.54, 1.807) is 20.2 Å². The van der Waals surface area contributed by atoms with E-state index >= 15 is 0 Å². The van der Waals surface area contributed by atoms with Crippen LogP contribution >= 0.6 is 0 Å². The molecule has 3 aliphatic rings. The number of likely N-dealkylation sites (N-methyl/N-ethyl adjacent to an activating group) is 2. The van der Waals surface area contributed by atoms with Gasteiger partial charge in [0.2, 0.25) is 5.91 Å². The lowest BCUT2D eigenvalue weighted by Crippen LogP contribution is -2.74. The summed E-state index contributed by atoms with van der Waals surface area (Å²) in [7, 11) is 4.97. The summed E-state index contributed by atoms with van der Waals surface area (Å²) in [6, 6.07) is 0.759. The number of primary amides is 1.